The second kappa shape index (κ2) is 9.37. The number of amides is 1. The largest absolute Gasteiger partial charge is 0.347 e. The van der Waals surface area contributed by atoms with Gasteiger partial charge < -0.3 is 9.80 Å². The lowest BCUT2D eigenvalue weighted by Crippen LogP contribution is -2.44. The van der Waals surface area contributed by atoms with Crippen LogP contribution in [0, 0.1) is 11.8 Å². The van der Waals surface area contributed by atoms with Crippen LogP contribution < -0.4 is 4.90 Å². The van der Waals surface area contributed by atoms with Gasteiger partial charge >= 0.3 is 0 Å². The van der Waals surface area contributed by atoms with Gasteiger partial charge in [-0.2, -0.15) is 0 Å². The van der Waals surface area contributed by atoms with Crippen molar-refractivity contribution in [1.29, 1.82) is 0 Å². The van der Waals surface area contributed by atoms with Crippen molar-refractivity contribution in [2.75, 3.05) is 50.7 Å². The highest BCUT2D eigenvalue weighted by Crippen LogP contribution is 2.19. The molecule has 0 unspecified atom stereocenters. The van der Waals surface area contributed by atoms with Gasteiger partial charge in [0.05, 0.1) is 6.54 Å². The van der Waals surface area contributed by atoms with Crippen molar-refractivity contribution in [2.24, 2.45) is 11.8 Å². The Morgan fingerprint density at radius 2 is 1.88 bits per heavy atom. The van der Waals surface area contributed by atoms with Gasteiger partial charge in [0.1, 0.15) is 0 Å². The summed E-state index contributed by atoms with van der Waals surface area (Å²) in [7, 11) is 0. The molecule has 0 bridgehead atoms. The van der Waals surface area contributed by atoms with Gasteiger partial charge in [-0.1, -0.05) is 27.7 Å². The molecule has 1 saturated heterocycles. The van der Waals surface area contributed by atoms with Crippen LogP contribution in [0.3, 0.4) is 0 Å². The smallest absolute Gasteiger partial charge is 0.236 e. The molecule has 6 heteroatoms. The Kier molecular flexibility index (Phi) is 7.49. The Labute approximate surface area is 150 Å². The molecule has 1 aliphatic heterocycles. The van der Waals surface area contributed by atoms with Gasteiger partial charge in [0.25, 0.3) is 0 Å². The number of thiazole rings is 1. The molecule has 1 aliphatic rings. The van der Waals surface area contributed by atoms with E-state index >= 15 is 0 Å². The molecule has 0 aromatic carbocycles. The fraction of sp³-hybridized carbons (Fsp3) is 0.778. The van der Waals surface area contributed by atoms with Crippen LogP contribution in [0.5, 0.6) is 0 Å². The minimum atomic E-state index is 0.278. The maximum atomic E-state index is 12.8. The Bertz CT molecular complexity index is 479. The van der Waals surface area contributed by atoms with E-state index in [0.717, 1.165) is 50.8 Å². The normalized spacial score (nSPS) is 16.7. The lowest BCUT2D eigenvalue weighted by molar-refractivity contribution is -0.133. The molecule has 5 nitrogen and oxygen atoms in total. The third kappa shape index (κ3) is 6.06. The van der Waals surface area contributed by atoms with E-state index in [4.69, 9.17) is 0 Å². The molecule has 24 heavy (non-hydrogen) atoms. The Hall–Kier alpha value is -1.14. The predicted molar refractivity (Wildman–Crippen MR) is 102 cm³/mol. The second-order valence-electron chi connectivity index (χ2n) is 7.52. The summed E-state index contributed by atoms with van der Waals surface area (Å²) in [4.78, 5) is 23.9. The highest BCUT2D eigenvalue weighted by Gasteiger charge is 2.22. The lowest BCUT2D eigenvalue weighted by atomic mass is 10.1. The van der Waals surface area contributed by atoms with E-state index < -0.39 is 0 Å². The molecule has 0 aliphatic carbocycles. The summed E-state index contributed by atoms with van der Waals surface area (Å²) >= 11 is 1.69. The first kappa shape index (κ1) is 19.2. The van der Waals surface area contributed by atoms with Crippen LogP contribution in [-0.4, -0.2) is 66.5 Å². The third-order valence-corrected chi connectivity index (χ3v) is 4.99. The number of anilines is 1. The molecule has 0 saturated carbocycles. The van der Waals surface area contributed by atoms with Crippen molar-refractivity contribution in [3.8, 4) is 0 Å². The summed E-state index contributed by atoms with van der Waals surface area (Å²) in [5.41, 5.74) is 0. The van der Waals surface area contributed by atoms with Crippen LogP contribution in [0.15, 0.2) is 11.6 Å². The van der Waals surface area contributed by atoms with Gasteiger partial charge in [-0.05, 0) is 18.3 Å². The van der Waals surface area contributed by atoms with E-state index in [2.05, 4.69) is 47.4 Å². The van der Waals surface area contributed by atoms with Crippen molar-refractivity contribution in [2.45, 2.75) is 34.1 Å². The Balaban J connectivity index is 1.88. The number of hydrogen-bond acceptors (Lipinski definition) is 5. The molecule has 0 atom stereocenters. The molecule has 0 radical (unpaired) electrons. The lowest BCUT2D eigenvalue weighted by Gasteiger charge is -2.29. The average molecular weight is 353 g/mol. The van der Waals surface area contributed by atoms with Gasteiger partial charge in [0.15, 0.2) is 5.13 Å². The summed E-state index contributed by atoms with van der Waals surface area (Å²) in [6.07, 6.45) is 2.95. The van der Waals surface area contributed by atoms with Crippen molar-refractivity contribution < 1.29 is 4.79 Å². The van der Waals surface area contributed by atoms with Crippen LogP contribution in [0.1, 0.15) is 34.1 Å². The topological polar surface area (TPSA) is 39.7 Å². The minimum absolute atomic E-state index is 0.278. The van der Waals surface area contributed by atoms with E-state index in [1.165, 1.54) is 0 Å². The van der Waals surface area contributed by atoms with Gasteiger partial charge in [-0.15, -0.1) is 11.3 Å². The van der Waals surface area contributed by atoms with E-state index in [0.29, 0.717) is 18.4 Å². The summed E-state index contributed by atoms with van der Waals surface area (Å²) in [6.45, 7) is 14.9. The second-order valence-corrected chi connectivity index (χ2v) is 8.39. The first-order valence-corrected chi connectivity index (χ1v) is 9.98. The minimum Gasteiger partial charge on any atom is -0.347 e. The third-order valence-electron chi connectivity index (χ3n) is 4.16. The first-order valence-electron chi connectivity index (χ1n) is 9.10. The van der Waals surface area contributed by atoms with E-state index in [1.807, 2.05) is 11.6 Å². The molecule has 1 aromatic heterocycles. The standard InChI is InChI=1S/C18H32N4OS/c1-15(2)12-22(13-16(3)4)17(23)14-20-7-5-8-21(10-9-20)18-19-6-11-24-18/h6,11,15-16H,5,7-10,12-14H2,1-4H3. The van der Waals surface area contributed by atoms with E-state index in [1.54, 1.807) is 11.3 Å². The highest BCUT2D eigenvalue weighted by molar-refractivity contribution is 7.13. The molecular formula is C18H32N4OS. The zero-order valence-corrected chi connectivity index (χ0v) is 16.4. The van der Waals surface area contributed by atoms with Crippen LogP contribution in [0.2, 0.25) is 0 Å². The number of hydrogen-bond donors (Lipinski definition) is 0. The molecular weight excluding hydrogens is 320 g/mol. The summed E-state index contributed by atoms with van der Waals surface area (Å²) in [5.74, 6) is 1.30. The molecule has 1 amide bonds. The fourth-order valence-electron chi connectivity index (χ4n) is 3.14. The molecule has 2 rings (SSSR count). The quantitative estimate of drug-likeness (QED) is 0.756. The van der Waals surface area contributed by atoms with Crippen molar-refractivity contribution in [3.63, 3.8) is 0 Å². The van der Waals surface area contributed by atoms with E-state index in [-0.39, 0.29) is 5.91 Å². The molecule has 0 N–H and O–H groups in total. The van der Waals surface area contributed by atoms with Crippen LogP contribution in [-0.2, 0) is 4.79 Å². The van der Waals surface area contributed by atoms with Gasteiger partial charge in [-0.3, -0.25) is 9.69 Å². The van der Waals surface area contributed by atoms with Crippen molar-refractivity contribution >= 4 is 22.4 Å². The zero-order valence-electron chi connectivity index (χ0n) is 15.6. The predicted octanol–water partition coefficient (Wildman–Crippen LogP) is 2.80. The zero-order chi connectivity index (χ0) is 17.5. The molecule has 1 fully saturated rings. The monoisotopic (exact) mass is 352 g/mol. The molecule has 1 aromatic rings. The molecule has 136 valence electrons. The maximum absolute atomic E-state index is 12.8. The van der Waals surface area contributed by atoms with Crippen LogP contribution in [0.25, 0.3) is 0 Å². The fourth-order valence-corrected chi connectivity index (χ4v) is 3.84. The Morgan fingerprint density at radius 1 is 1.17 bits per heavy atom. The number of carbonyl (C=O) groups is 1. The number of carbonyl (C=O) groups excluding carboxylic acids is 1. The molecule has 2 heterocycles. The van der Waals surface area contributed by atoms with Crippen LogP contribution in [0.4, 0.5) is 5.13 Å². The first-order chi connectivity index (χ1) is 11.5. The SMILES string of the molecule is CC(C)CN(CC(C)C)C(=O)CN1CCCN(c2nccs2)CC1. The van der Waals surface area contributed by atoms with Gasteiger partial charge in [0, 0.05) is 50.8 Å². The number of aromatic nitrogens is 1. The van der Waals surface area contributed by atoms with Gasteiger partial charge in [0.2, 0.25) is 5.91 Å². The van der Waals surface area contributed by atoms with Crippen molar-refractivity contribution in [3.05, 3.63) is 11.6 Å². The summed E-state index contributed by atoms with van der Waals surface area (Å²) < 4.78 is 0. The highest BCUT2D eigenvalue weighted by atomic mass is 32.1. The summed E-state index contributed by atoms with van der Waals surface area (Å²) in [6, 6.07) is 0. The van der Waals surface area contributed by atoms with Crippen molar-refractivity contribution in [1.82, 2.24) is 14.8 Å². The van der Waals surface area contributed by atoms with E-state index in [9.17, 15) is 4.79 Å². The van der Waals surface area contributed by atoms with Gasteiger partial charge in [-0.25, -0.2) is 4.98 Å². The average Bonchev–Trinajstić information content (AvgIpc) is 2.93. The summed E-state index contributed by atoms with van der Waals surface area (Å²) in [5, 5.41) is 3.13. The maximum Gasteiger partial charge on any atom is 0.236 e. The Morgan fingerprint density at radius 3 is 2.46 bits per heavy atom. The number of rotatable bonds is 7. The van der Waals surface area contributed by atoms with Crippen LogP contribution >= 0.6 is 11.3 Å². The molecule has 0 spiro atoms. The number of nitrogens with zero attached hydrogens (tertiary/aromatic N) is 4.